The first-order valence-electron chi connectivity index (χ1n) is 10.7. The predicted octanol–water partition coefficient (Wildman–Crippen LogP) is 4.21. The lowest BCUT2D eigenvalue weighted by molar-refractivity contribution is 0.0270. The van der Waals surface area contributed by atoms with E-state index >= 15 is 0 Å². The number of carbonyl (C=O) groups is 2. The zero-order valence-electron chi connectivity index (χ0n) is 18.4. The summed E-state index contributed by atoms with van der Waals surface area (Å²) >= 11 is 0. The fourth-order valence-corrected chi connectivity index (χ4v) is 4.30. The highest BCUT2D eigenvalue weighted by atomic mass is 16.6. The number of nitrogens with zero attached hydrogens (tertiary/aromatic N) is 2. The van der Waals surface area contributed by atoms with Crippen molar-refractivity contribution in [3.8, 4) is 0 Å². The summed E-state index contributed by atoms with van der Waals surface area (Å²) in [5.41, 5.74) is 2.81. The number of rotatable bonds is 3. The molecule has 0 unspecified atom stereocenters. The monoisotopic (exact) mass is 424 g/mol. The van der Waals surface area contributed by atoms with E-state index in [1.54, 1.807) is 17.2 Å². The van der Waals surface area contributed by atoms with Gasteiger partial charge in [-0.1, -0.05) is 12.1 Å². The highest BCUT2D eigenvalue weighted by Crippen LogP contribution is 2.47. The van der Waals surface area contributed by atoms with Crippen LogP contribution in [0.3, 0.4) is 0 Å². The molecule has 3 heterocycles. The van der Waals surface area contributed by atoms with E-state index in [0.29, 0.717) is 25.1 Å². The molecule has 0 spiro atoms. The topological polar surface area (TPSA) is 88.3 Å². The van der Waals surface area contributed by atoms with Crippen LogP contribution in [0.2, 0.25) is 0 Å². The number of carboxylic acid groups (broad SMARTS) is 1. The molecule has 2 aliphatic rings. The number of aromatic carboxylic acids is 1. The number of ether oxygens (including phenoxy) is 1. The van der Waals surface area contributed by atoms with Crippen LogP contribution in [0.5, 0.6) is 0 Å². The number of carbonyl (C=O) groups excluding carboxylic acids is 1. The number of carboxylic acids is 1. The maximum atomic E-state index is 13.2. The molecule has 4 rings (SSSR count). The van der Waals surface area contributed by atoms with Gasteiger partial charge in [0.25, 0.3) is 5.56 Å². The molecule has 0 atom stereocenters. The molecule has 1 amide bonds. The van der Waals surface area contributed by atoms with Crippen molar-refractivity contribution in [2.75, 3.05) is 13.1 Å². The van der Waals surface area contributed by atoms with Gasteiger partial charge in [-0.3, -0.25) is 9.20 Å². The zero-order valence-corrected chi connectivity index (χ0v) is 18.4. The standard InChI is InChI=1S/C24H28N2O5/c1-14-6-5-11-26-20(14)18(15-7-8-15)17(19(21(26)27)22(28)29)16-9-12-25(13-10-16)23(30)31-24(2,3)4/h5-6,9,11,15H,7-8,10,12-13H2,1-4H3,(H,28,29). The Hall–Kier alpha value is -3.09. The molecule has 1 N–H and O–H groups in total. The van der Waals surface area contributed by atoms with Gasteiger partial charge in [0.05, 0.1) is 5.52 Å². The Kier molecular flexibility index (Phi) is 5.15. The number of hydrogen-bond acceptors (Lipinski definition) is 4. The van der Waals surface area contributed by atoms with E-state index in [1.807, 2.05) is 39.8 Å². The molecule has 2 aromatic heterocycles. The molecule has 164 valence electrons. The lowest BCUT2D eigenvalue weighted by Crippen LogP contribution is -2.39. The Morgan fingerprint density at radius 1 is 1.23 bits per heavy atom. The summed E-state index contributed by atoms with van der Waals surface area (Å²) in [4.78, 5) is 39.4. The number of amides is 1. The van der Waals surface area contributed by atoms with Crippen molar-refractivity contribution in [3.63, 3.8) is 0 Å². The minimum Gasteiger partial charge on any atom is -0.477 e. The molecule has 7 heteroatoms. The Morgan fingerprint density at radius 2 is 1.94 bits per heavy atom. The molecule has 0 saturated heterocycles. The Balaban J connectivity index is 1.85. The van der Waals surface area contributed by atoms with Crippen LogP contribution in [-0.2, 0) is 4.74 Å². The summed E-state index contributed by atoms with van der Waals surface area (Å²) in [5.74, 6) is -0.970. The number of pyridine rings is 2. The molecule has 1 aliphatic carbocycles. The lowest BCUT2D eigenvalue weighted by Gasteiger charge is -2.30. The predicted molar refractivity (Wildman–Crippen MR) is 118 cm³/mol. The maximum absolute atomic E-state index is 13.2. The summed E-state index contributed by atoms with van der Waals surface area (Å²) in [5, 5.41) is 9.98. The first-order chi connectivity index (χ1) is 14.6. The van der Waals surface area contributed by atoms with E-state index in [4.69, 9.17) is 4.74 Å². The SMILES string of the molecule is Cc1cccn2c(=O)c(C(=O)O)c(C3=CCN(C(=O)OC(C)(C)C)CC3)c(C3CC3)c12. The van der Waals surface area contributed by atoms with Crippen LogP contribution in [0.25, 0.3) is 11.1 Å². The van der Waals surface area contributed by atoms with Gasteiger partial charge < -0.3 is 14.7 Å². The summed E-state index contributed by atoms with van der Waals surface area (Å²) in [6, 6.07) is 3.72. The second-order valence-electron chi connectivity index (χ2n) is 9.36. The number of aromatic nitrogens is 1. The average Bonchev–Trinajstić information content (AvgIpc) is 3.52. The molecule has 0 bridgehead atoms. The third-order valence-corrected chi connectivity index (χ3v) is 5.78. The second kappa shape index (κ2) is 7.55. The van der Waals surface area contributed by atoms with Gasteiger partial charge >= 0.3 is 12.1 Å². The van der Waals surface area contributed by atoms with Crippen molar-refractivity contribution < 1.29 is 19.4 Å². The van der Waals surface area contributed by atoms with Crippen LogP contribution >= 0.6 is 0 Å². The normalized spacial score (nSPS) is 16.9. The Labute approximate surface area is 180 Å². The zero-order chi connectivity index (χ0) is 22.5. The number of fused-ring (bicyclic) bond motifs is 1. The highest BCUT2D eigenvalue weighted by Gasteiger charge is 2.35. The van der Waals surface area contributed by atoms with Gasteiger partial charge in [0.2, 0.25) is 0 Å². The van der Waals surface area contributed by atoms with Crippen LogP contribution in [-0.4, -0.2) is 45.2 Å². The fourth-order valence-electron chi connectivity index (χ4n) is 4.30. The average molecular weight is 424 g/mol. The lowest BCUT2D eigenvalue weighted by atomic mass is 9.88. The smallest absolute Gasteiger partial charge is 0.410 e. The van der Waals surface area contributed by atoms with Crippen molar-refractivity contribution >= 4 is 23.2 Å². The van der Waals surface area contributed by atoms with Crippen LogP contribution < -0.4 is 5.56 Å². The van der Waals surface area contributed by atoms with Crippen LogP contribution in [0.4, 0.5) is 4.79 Å². The van der Waals surface area contributed by atoms with Crippen LogP contribution in [0.15, 0.2) is 29.2 Å². The molecular formula is C24H28N2O5. The largest absolute Gasteiger partial charge is 0.477 e. The highest BCUT2D eigenvalue weighted by molar-refractivity contribution is 5.97. The van der Waals surface area contributed by atoms with E-state index in [1.165, 1.54) is 4.40 Å². The molecule has 0 aromatic carbocycles. The molecule has 1 fully saturated rings. The van der Waals surface area contributed by atoms with Gasteiger partial charge in [0.1, 0.15) is 11.2 Å². The van der Waals surface area contributed by atoms with Crippen LogP contribution in [0, 0.1) is 6.92 Å². The van der Waals surface area contributed by atoms with E-state index < -0.39 is 23.2 Å². The summed E-state index contributed by atoms with van der Waals surface area (Å²) in [7, 11) is 0. The first kappa shape index (κ1) is 21.2. The summed E-state index contributed by atoms with van der Waals surface area (Å²) in [6.45, 7) is 8.15. The first-order valence-corrected chi connectivity index (χ1v) is 10.7. The third kappa shape index (κ3) is 3.96. The number of hydrogen-bond donors (Lipinski definition) is 1. The van der Waals surface area contributed by atoms with Gasteiger partial charge in [-0.25, -0.2) is 9.59 Å². The quantitative estimate of drug-likeness (QED) is 0.797. The molecule has 2 aromatic rings. The van der Waals surface area contributed by atoms with Gasteiger partial charge in [-0.15, -0.1) is 0 Å². The minimum atomic E-state index is -1.21. The van der Waals surface area contributed by atoms with Gasteiger partial charge in [-0.2, -0.15) is 0 Å². The van der Waals surface area contributed by atoms with Crippen molar-refractivity contribution in [3.05, 3.63) is 57.0 Å². The van der Waals surface area contributed by atoms with Crippen molar-refractivity contribution in [1.29, 1.82) is 0 Å². The summed E-state index contributed by atoms with van der Waals surface area (Å²) in [6.07, 6.45) is 5.55. The van der Waals surface area contributed by atoms with Crippen molar-refractivity contribution in [2.45, 2.75) is 58.5 Å². The minimum absolute atomic E-state index is 0.179. The molecular weight excluding hydrogens is 396 g/mol. The van der Waals surface area contributed by atoms with Crippen molar-refractivity contribution in [2.24, 2.45) is 0 Å². The van der Waals surface area contributed by atoms with E-state index in [2.05, 4.69) is 0 Å². The van der Waals surface area contributed by atoms with E-state index in [9.17, 15) is 19.5 Å². The Morgan fingerprint density at radius 3 is 2.48 bits per heavy atom. The van der Waals surface area contributed by atoms with E-state index in [-0.39, 0.29) is 11.5 Å². The third-order valence-electron chi connectivity index (χ3n) is 5.78. The van der Waals surface area contributed by atoms with Crippen molar-refractivity contribution in [1.82, 2.24) is 9.30 Å². The second-order valence-corrected chi connectivity index (χ2v) is 9.36. The van der Waals surface area contributed by atoms with Crippen LogP contribution in [0.1, 0.15) is 73.0 Å². The molecule has 1 saturated carbocycles. The fraction of sp³-hybridized carbons (Fsp3) is 0.458. The molecule has 0 radical (unpaired) electrons. The molecule has 31 heavy (non-hydrogen) atoms. The Bertz CT molecular complexity index is 1170. The maximum Gasteiger partial charge on any atom is 0.410 e. The van der Waals surface area contributed by atoms with Gasteiger partial charge in [0, 0.05) is 24.8 Å². The summed E-state index contributed by atoms with van der Waals surface area (Å²) < 4.78 is 6.93. The van der Waals surface area contributed by atoms with Gasteiger partial charge in [-0.05, 0) is 75.6 Å². The molecule has 1 aliphatic heterocycles. The van der Waals surface area contributed by atoms with Gasteiger partial charge in [0.15, 0.2) is 0 Å². The number of aryl methyl sites for hydroxylation is 1. The molecule has 7 nitrogen and oxygen atoms in total. The van der Waals surface area contributed by atoms with E-state index in [0.717, 1.165) is 35.1 Å².